The maximum Gasteiger partial charge on any atom is 0.100 e. The summed E-state index contributed by atoms with van der Waals surface area (Å²) in [7, 11) is 0. The van der Waals surface area contributed by atoms with Gasteiger partial charge in [0, 0.05) is 72.4 Å². The van der Waals surface area contributed by atoms with Crippen LogP contribution in [0.5, 0.6) is 0 Å². The van der Waals surface area contributed by atoms with Gasteiger partial charge in [-0.2, -0.15) is 0 Å². The van der Waals surface area contributed by atoms with E-state index in [9.17, 15) is 0 Å². The molecule has 2 aliphatic rings. The fourth-order valence-corrected chi connectivity index (χ4v) is 5.83. The summed E-state index contributed by atoms with van der Waals surface area (Å²) in [5, 5.41) is 6.30. The lowest BCUT2D eigenvalue weighted by atomic mass is 10.3. The molecule has 0 aliphatic carbocycles. The molecule has 0 aromatic carbocycles. The number of rotatable bonds is 2. The lowest BCUT2D eigenvalue weighted by Crippen LogP contribution is -2.35. The summed E-state index contributed by atoms with van der Waals surface area (Å²) in [6.07, 6.45) is 18.7. The van der Waals surface area contributed by atoms with Crippen LogP contribution < -0.4 is 0 Å². The number of furan rings is 2. The number of nitrogens with zero attached hydrogens (tertiary/aromatic N) is 7. The Morgan fingerprint density at radius 3 is 1.52 bits per heavy atom. The van der Waals surface area contributed by atoms with Crippen LogP contribution in [0.2, 0.25) is 0 Å². The highest BCUT2D eigenvalue weighted by atomic mass is 32.1. The Morgan fingerprint density at radius 2 is 1.28 bits per heavy atom. The number of morpholine rings is 1. The minimum Gasteiger partial charge on any atom is -0.472 e. The van der Waals surface area contributed by atoms with Crippen molar-refractivity contribution in [3.63, 3.8) is 0 Å². The molecule has 9 heterocycles. The van der Waals surface area contributed by atoms with Crippen molar-refractivity contribution in [2.75, 3.05) is 52.5 Å². The van der Waals surface area contributed by atoms with E-state index in [1.807, 2.05) is 128 Å². The predicted molar refractivity (Wildman–Crippen MR) is 257 cm³/mol. The number of pyridine rings is 3. The second-order valence-corrected chi connectivity index (χ2v) is 16.0. The Balaban J connectivity index is 0.000000344. The maximum atomic E-state index is 5.16. The molecule has 0 unspecified atom stereocenters. The summed E-state index contributed by atoms with van der Waals surface area (Å²) >= 11 is 3.36. The van der Waals surface area contributed by atoms with E-state index in [2.05, 4.69) is 53.9 Å². The Hall–Kier alpha value is -4.85. The van der Waals surface area contributed by atoms with E-state index in [4.69, 9.17) is 13.6 Å². The van der Waals surface area contributed by atoms with Gasteiger partial charge in [-0.25, -0.2) is 4.98 Å². The summed E-state index contributed by atoms with van der Waals surface area (Å²) in [5.74, 6) is 0.968. The zero-order valence-electron chi connectivity index (χ0n) is 38.4. The van der Waals surface area contributed by atoms with Crippen LogP contribution in [0, 0.1) is 55.4 Å². The van der Waals surface area contributed by atoms with Crippen molar-refractivity contribution in [3.05, 3.63) is 171 Å². The van der Waals surface area contributed by atoms with Gasteiger partial charge in [0.2, 0.25) is 0 Å². The first-order chi connectivity index (χ1) is 29.5. The minimum absolute atomic E-state index is 0.924. The molecule has 0 radical (unpaired) electrons. The normalized spacial score (nSPS) is 12.5. The number of hydrogen-bond donors (Lipinski definition) is 0. The predicted octanol–water partition coefficient (Wildman–Crippen LogP) is 12.0. The number of ether oxygens (including phenoxy) is 1. The molecule has 332 valence electrons. The average molecular weight is 870 g/mol. The molecular formula is C49H71N7O3S2. The molecule has 0 amide bonds. The van der Waals surface area contributed by atoms with Gasteiger partial charge >= 0.3 is 0 Å². The second-order valence-electron chi connectivity index (χ2n) is 13.8. The molecule has 7 aromatic rings. The summed E-state index contributed by atoms with van der Waals surface area (Å²) in [4.78, 5) is 24.7. The van der Waals surface area contributed by atoms with Crippen LogP contribution in [-0.4, -0.2) is 87.2 Å². The smallest absolute Gasteiger partial charge is 0.100 e. The van der Waals surface area contributed by atoms with Gasteiger partial charge in [0.05, 0.1) is 42.0 Å². The Bertz CT molecular complexity index is 1700. The van der Waals surface area contributed by atoms with Crippen molar-refractivity contribution in [2.45, 2.75) is 82.1 Å². The molecule has 9 rings (SSSR count). The molecule has 0 saturated carbocycles. The summed E-state index contributed by atoms with van der Waals surface area (Å²) < 4.78 is 14.7. The SMILES string of the molecule is CCN1CCCC1.CCN1CCOCC1.Cc1ccccn1.Cc1cccnc1.Cc1ccco1.Cc1ccncc1.Cc1ccoc1.Cc1csc(C)n1.Cc1nccs1. The van der Waals surface area contributed by atoms with Gasteiger partial charge in [0.15, 0.2) is 0 Å². The first kappa shape index (κ1) is 54.2. The third-order valence-electron chi connectivity index (χ3n) is 8.28. The molecule has 61 heavy (non-hydrogen) atoms. The number of likely N-dealkylation sites (tertiary alicyclic amines) is 1. The number of aromatic nitrogens is 5. The molecule has 7 aromatic heterocycles. The number of aryl methyl sites for hydroxylation is 8. The van der Waals surface area contributed by atoms with Crippen molar-refractivity contribution in [2.24, 2.45) is 0 Å². The number of thiazole rings is 2. The van der Waals surface area contributed by atoms with Crippen LogP contribution in [0.3, 0.4) is 0 Å². The van der Waals surface area contributed by atoms with Crippen molar-refractivity contribution >= 4 is 22.7 Å². The van der Waals surface area contributed by atoms with Crippen molar-refractivity contribution in [1.82, 2.24) is 34.7 Å². The van der Waals surface area contributed by atoms with Crippen LogP contribution in [-0.2, 0) is 4.74 Å². The van der Waals surface area contributed by atoms with Gasteiger partial charge < -0.3 is 18.5 Å². The first-order valence-electron chi connectivity index (χ1n) is 20.9. The Kier molecular flexibility index (Phi) is 32.8. The van der Waals surface area contributed by atoms with Gasteiger partial charge in [-0.05, 0) is 160 Å². The molecule has 0 N–H and O–H groups in total. The van der Waals surface area contributed by atoms with Gasteiger partial charge in [0.25, 0.3) is 0 Å². The van der Waals surface area contributed by atoms with Crippen molar-refractivity contribution in [1.29, 1.82) is 0 Å². The highest BCUT2D eigenvalue weighted by molar-refractivity contribution is 7.09. The highest BCUT2D eigenvalue weighted by Gasteiger charge is 2.07. The Morgan fingerprint density at radius 1 is 0.574 bits per heavy atom. The maximum absolute atomic E-state index is 5.16. The van der Waals surface area contributed by atoms with Crippen LogP contribution in [0.4, 0.5) is 0 Å². The lowest BCUT2D eigenvalue weighted by molar-refractivity contribution is 0.0405. The zero-order chi connectivity index (χ0) is 44.8. The first-order valence-corrected chi connectivity index (χ1v) is 22.6. The molecule has 12 heteroatoms. The van der Waals surface area contributed by atoms with Crippen molar-refractivity contribution < 1.29 is 13.6 Å². The Labute approximate surface area is 375 Å². The molecular weight excluding hydrogens is 799 g/mol. The van der Waals surface area contributed by atoms with Crippen LogP contribution in [0.1, 0.15) is 70.5 Å². The van der Waals surface area contributed by atoms with E-state index in [1.165, 1.54) is 55.7 Å². The topological polar surface area (TPSA) is 106 Å². The largest absolute Gasteiger partial charge is 0.472 e. The van der Waals surface area contributed by atoms with Gasteiger partial charge in [-0.1, -0.05) is 26.0 Å². The summed E-state index contributed by atoms with van der Waals surface area (Å²) in [6, 6.07) is 19.5. The highest BCUT2D eigenvalue weighted by Crippen LogP contribution is 2.06. The molecule has 0 bridgehead atoms. The second kappa shape index (κ2) is 37.0. The average Bonchev–Trinajstić information content (AvgIpc) is 4.16. The van der Waals surface area contributed by atoms with Crippen LogP contribution in [0.15, 0.2) is 136 Å². The molecule has 10 nitrogen and oxygen atoms in total. The number of likely N-dealkylation sites (N-methyl/N-ethyl adjacent to an activating group) is 1. The summed E-state index contributed by atoms with van der Waals surface area (Å²) in [6.45, 7) is 29.6. The van der Waals surface area contributed by atoms with E-state index in [1.54, 1.807) is 72.4 Å². The monoisotopic (exact) mass is 870 g/mol. The fourth-order valence-electron chi connectivity index (χ4n) is 4.80. The van der Waals surface area contributed by atoms with Crippen LogP contribution >= 0.6 is 22.7 Å². The molecule has 0 atom stereocenters. The van der Waals surface area contributed by atoms with E-state index < -0.39 is 0 Å². The van der Waals surface area contributed by atoms with Crippen molar-refractivity contribution in [3.8, 4) is 0 Å². The zero-order valence-corrected chi connectivity index (χ0v) is 40.0. The van der Waals surface area contributed by atoms with E-state index in [-0.39, 0.29) is 0 Å². The van der Waals surface area contributed by atoms with E-state index in [0.717, 1.165) is 53.5 Å². The standard InChI is InChI=1S/C6H13NO.3C6H7N.C6H13N.C5H7NS.2C5H6O.C4H5NS/c1-2-7-3-5-8-6-4-7;1-6-2-4-7-5-3-6;1-6-3-2-4-7-5-6;1-6-4-2-3-5-7-6;1-2-7-5-3-4-6-7;1-4-3-7-5(2)6-4;1-5-2-3-6-4-5;1-5-3-2-4-6-5;1-4-5-2-3-6-4/h2-6H2,1H3;3*2-5H,1H3;2-6H2,1H3;3H,1-2H3;2*2-4H,1H3;2-3H,1H3. The molecule has 0 spiro atoms. The third kappa shape index (κ3) is 33.5. The van der Waals surface area contributed by atoms with E-state index in [0.29, 0.717) is 0 Å². The molecule has 2 aliphatic heterocycles. The minimum atomic E-state index is 0.924. The van der Waals surface area contributed by atoms with E-state index >= 15 is 0 Å². The lowest BCUT2D eigenvalue weighted by Gasteiger charge is -2.24. The quantitative estimate of drug-likeness (QED) is 0.167. The van der Waals surface area contributed by atoms with Gasteiger partial charge in [-0.15, -0.1) is 22.7 Å². The fraction of sp³-hybridized carbons (Fsp3) is 0.408. The molecule has 2 fully saturated rings. The van der Waals surface area contributed by atoms with Crippen LogP contribution in [0.25, 0.3) is 0 Å². The van der Waals surface area contributed by atoms with Gasteiger partial charge in [-0.3, -0.25) is 24.8 Å². The summed E-state index contributed by atoms with van der Waals surface area (Å²) in [5.41, 5.74) is 5.84. The number of hydrogen-bond acceptors (Lipinski definition) is 12. The molecule has 2 saturated heterocycles. The van der Waals surface area contributed by atoms with Gasteiger partial charge in [0.1, 0.15) is 5.76 Å². The third-order valence-corrected chi connectivity index (χ3v) is 9.88.